The number of hydrogen-bond donors (Lipinski definition) is 1. The Morgan fingerprint density at radius 3 is 1.79 bits per heavy atom. The zero-order valence-corrected chi connectivity index (χ0v) is 16.1. The minimum Gasteiger partial charge on any atom is -0.312 e. The Labute approximate surface area is 184 Å². The minimum absolute atomic E-state index is 0.202. The average Bonchev–Trinajstić information content (AvgIpc) is 3.30. The number of nitrogens with one attached hydrogen (secondary N) is 1. The van der Waals surface area contributed by atoms with E-state index in [0.717, 1.165) is 12.1 Å². The molecule has 0 radical (unpaired) electrons. The molecule has 1 atom stereocenters. The summed E-state index contributed by atoms with van der Waals surface area (Å²) in [4.78, 5) is 3.34. The Bertz CT molecular complexity index is 1600. The summed E-state index contributed by atoms with van der Waals surface area (Å²) >= 11 is 0. The second kappa shape index (κ2) is 7.02. The summed E-state index contributed by atoms with van der Waals surface area (Å²) in [6.07, 6.45) is 2.77. The van der Waals surface area contributed by atoms with E-state index in [4.69, 9.17) is 10.5 Å². The molecule has 0 amide bonds. The van der Waals surface area contributed by atoms with Gasteiger partial charge in [-0.3, -0.25) is 0 Å². The van der Waals surface area contributed by atoms with Gasteiger partial charge in [0.05, 0.1) is 17.3 Å². The van der Waals surface area contributed by atoms with Crippen molar-refractivity contribution < 1.29 is 35.1 Å². The summed E-state index contributed by atoms with van der Waals surface area (Å²) in [5.41, 5.74) is -5.11. The molecular formula is C22H4F8N4. The maximum Gasteiger partial charge on any atom is 0.206 e. The lowest BCUT2D eigenvalue weighted by Crippen LogP contribution is -2.17. The van der Waals surface area contributed by atoms with E-state index in [0.29, 0.717) is 0 Å². The van der Waals surface area contributed by atoms with E-state index in [2.05, 4.69) is 10.3 Å². The molecule has 2 aliphatic rings. The summed E-state index contributed by atoms with van der Waals surface area (Å²) in [7, 11) is 0. The van der Waals surface area contributed by atoms with E-state index in [-0.39, 0.29) is 22.3 Å². The molecule has 5 rings (SSSR count). The Balaban J connectivity index is 1.93. The summed E-state index contributed by atoms with van der Waals surface area (Å²) in [5.74, 6) is -15.9. The van der Waals surface area contributed by atoms with E-state index in [1.807, 2.05) is 0 Å². The van der Waals surface area contributed by atoms with Crippen molar-refractivity contribution in [2.45, 2.75) is 6.04 Å². The highest BCUT2D eigenvalue weighted by molar-refractivity contribution is 6.25. The first-order valence-corrected chi connectivity index (χ1v) is 9.18. The highest BCUT2D eigenvalue weighted by Gasteiger charge is 2.42. The SMILES string of the molecule is N#C/N=C1/c2cc3c(cc2-c2c(F)c(F)c(F)c(F)c21)C(NC#N)c1c(F)c(F)c(F)c(F)c1-3. The van der Waals surface area contributed by atoms with Gasteiger partial charge < -0.3 is 5.32 Å². The Morgan fingerprint density at radius 2 is 1.21 bits per heavy atom. The molecule has 3 aromatic rings. The zero-order chi connectivity index (χ0) is 24.6. The van der Waals surface area contributed by atoms with Crippen molar-refractivity contribution in [3.05, 3.63) is 80.9 Å². The van der Waals surface area contributed by atoms with Gasteiger partial charge in [0, 0.05) is 22.3 Å². The fourth-order valence-electron chi connectivity index (χ4n) is 4.44. The molecule has 34 heavy (non-hydrogen) atoms. The molecule has 4 nitrogen and oxygen atoms in total. The number of nitriles is 2. The smallest absolute Gasteiger partial charge is 0.206 e. The molecule has 0 bridgehead atoms. The van der Waals surface area contributed by atoms with Gasteiger partial charge in [-0.05, 0) is 28.8 Å². The molecule has 12 heteroatoms. The van der Waals surface area contributed by atoms with Gasteiger partial charge >= 0.3 is 0 Å². The van der Waals surface area contributed by atoms with Crippen LogP contribution in [0.15, 0.2) is 17.1 Å². The van der Waals surface area contributed by atoms with Crippen molar-refractivity contribution in [1.29, 1.82) is 10.5 Å². The number of fused-ring (bicyclic) bond motifs is 6. The predicted molar refractivity (Wildman–Crippen MR) is 98.8 cm³/mol. The van der Waals surface area contributed by atoms with Crippen LogP contribution in [0, 0.1) is 69.4 Å². The standard InChI is InChI=1S/C22H4F8N4/c23-13-9-5-1-7-6(2-8(5)22(34-4-32)11(9)15(25)19(29)17(13)27)10-12(21(7)33-3-31)16(26)20(30)18(28)14(10)24/h1-2,21,33H/b34-22-. The van der Waals surface area contributed by atoms with Gasteiger partial charge in [0.25, 0.3) is 0 Å². The maximum atomic E-state index is 14.7. The predicted octanol–water partition coefficient (Wildman–Crippen LogP) is 5.24. The summed E-state index contributed by atoms with van der Waals surface area (Å²) in [6.45, 7) is 0. The first kappa shape index (κ1) is 21.4. The molecule has 1 N–H and O–H groups in total. The van der Waals surface area contributed by atoms with Crippen LogP contribution in [0.2, 0.25) is 0 Å². The summed E-state index contributed by atoms with van der Waals surface area (Å²) < 4.78 is 115. The molecule has 0 heterocycles. The van der Waals surface area contributed by atoms with E-state index in [1.54, 1.807) is 0 Å². The summed E-state index contributed by atoms with van der Waals surface area (Å²) in [5, 5.41) is 20.2. The number of benzene rings is 3. The van der Waals surface area contributed by atoms with Gasteiger partial charge in [-0.2, -0.15) is 15.5 Å². The van der Waals surface area contributed by atoms with Crippen LogP contribution in [0.4, 0.5) is 35.1 Å². The Morgan fingerprint density at radius 1 is 0.647 bits per heavy atom. The topological polar surface area (TPSA) is 72.0 Å². The third kappa shape index (κ3) is 2.42. The number of nitrogens with zero attached hydrogens (tertiary/aromatic N) is 3. The maximum absolute atomic E-state index is 14.7. The van der Waals surface area contributed by atoms with Crippen molar-refractivity contribution in [2.24, 2.45) is 4.99 Å². The fourth-order valence-corrected chi connectivity index (χ4v) is 4.44. The van der Waals surface area contributed by atoms with Crippen molar-refractivity contribution in [2.75, 3.05) is 0 Å². The molecule has 0 aromatic heterocycles. The van der Waals surface area contributed by atoms with Crippen LogP contribution in [0.3, 0.4) is 0 Å². The Kier molecular flexibility index (Phi) is 4.42. The highest BCUT2D eigenvalue weighted by atomic mass is 19.2. The molecule has 0 saturated carbocycles. The molecule has 2 aliphatic carbocycles. The molecule has 3 aromatic carbocycles. The minimum atomic E-state index is -2.16. The van der Waals surface area contributed by atoms with Crippen LogP contribution in [-0.4, -0.2) is 5.71 Å². The van der Waals surface area contributed by atoms with E-state index in [1.165, 1.54) is 12.4 Å². The molecular weight excluding hydrogens is 472 g/mol. The first-order valence-electron chi connectivity index (χ1n) is 9.18. The van der Waals surface area contributed by atoms with E-state index >= 15 is 0 Å². The number of rotatable bonds is 1. The molecule has 168 valence electrons. The Hall–Kier alpha value is -4.45. The second-order valence-electron chi connectivity index (χ2n) is 7.29. The van der Waals surface area contributed by atoms with Gasteiger partial charge in [-0.25, -0.2) is 35.1 Å². The van der Waals surface area contributed by atoms with Crippen LogP contribution in [0.1, 0.15) is 28.3 Å². The van der Waals surface area contributed by atoms with Crippen molar-refractivity contribution in [1.82, 2.24) is 5.32 Å². The zero-order valence-electron chi connectivity index (χ0n) is 16.1. The van der Waals surface area contributed by atoms with Gasteiger partial charge in [-0.15, -0.1) is 0 Å². The van der Waals surface area contributed by atoms with E-state index in [9.17, 15) is 35.1 Å². The first-order chi connectivity index (χ1) is 16.1. The van der Waals surface area contributed by atoms with Crippen LogP contribution in [0.5, 0.6) is 0 Å². The molecule has 0 saturated heterocycles. The molecule has 0 spiro atoms. The van der Waals surface area contributed by atoms with Crippen LogP contribution >= 0.6 is 0 Å². The van der Waals surface area contributed by atoms with Gasteiger partial charge in [0.15, 0.2) is 52.7 Å². The molecule has 0 fully saturated rings. The van der Waals surface area contributed by atoms with Gasteiger partial charge in [0.2, 0.25) is 6.19 Å². The lowest BCUT2D eigenvalue weighted by molar-refractivity contribution is 0.404. The van der Waals surface area contributed by atoms with Crippen molar-refractivity contribution in [3.8, 4) is 34.6 Å². The van der Waals surface area contributed by atoms with E-state index < -0.39 is 80.5 Å². The fraction of sp³-hybridized carbons (Fsp3) is 0.0455. The van der Waals surface area contributed by atoms with Gasteiger partial charge in [-0.1, -0.05) is 0 Å². The average molecular weight is 476 g/mol. The normalized spacial score (nSPS) is 15.9. The lowest BCUT2D eigenvalue weighted by atomic mass is 9.96. The number of aliphatic imine (C=N–C) groups is 1. The van der Waals surface area contributed by atoms with Crippen molar-refractivity contribution in [3.63, 3.8) is 0 Å². The van der Waals surface area contributed by atoms with Crippen LogP contribution in [0.25, 0.3) is 22.3 Å². The quantitative estimate of drug-likeness (QED) is 0.134. The van der Waals surface area contributed by atoms with Crippen molar-refractivity contribution >= 4 is 5.71 Å². The highest BCUT2D eigenvalue weighted by Crippen LogP contribution is 2.52. The second-order valence-corrected chi connectivity index (χ2v) is 7.29. The van der Waals surface area contributed by atoms with Crippen LogP contribution < -0.4 is 5.32 Å². The number of halogens is 8. The number of hydrogen-bond acceptors (Lipinski definition) is 4. The largest absolute Gasteiger partial charge is 0.312 e. The third-order valence-electron chi connectivity index (χ3n) is 5.76. The monoisotopic (exact) mass is 476 g/mol. The molecule has 1 unspecified atom stereocenters. The molecule has 0 aliphatic heterocycles. The van der Waals surface area contributed by atoms with Crippen LogP contribution in [-0.2, 0) is 0 Å². The lowest BCUT2D eigenvalue weighted by Gasteiger charge is -2.13. The van der Waals surface area contributed by atoms with Gasteiger partial charge in [0.1, 0.15) is 0 Å². The third-order valence-corrected chi connectivity index (χ3v) is 5.76. The summed E-state index contributed by atoms with van der Waals surface area (Å²) in [6, 6.07) is 0.309.